The highest BCUT2D eigenvalue weighted by molar-refractivity contribution is 7.18. The van der Waals surface area contributed by atoms with Crippen LogP contribution >= 0.6 is 11.3 Å². The van der Waals surface area contributed by atoms with Crippen LogP contribution in [0.25, 0.3) is 10.2 Å². The predicted octanol–water partition coefficient (Wildman–Crippen LogP) is 3.29. The van der Waals surface area contributed by atoms with Crippen molar-refractivity contribution in [1.29, 1.82) is 0 Å². The fraction of sp³-hybridized carbons (Fsp3) is 0.600. The second kappa shape index (κ2) is 4.67. The Balaban J connectivity index is 1.68. The van der Waals surface area contributed by atoms with Gasteiger partial charge in [0.1, 0.15) is 17.0 Å². The Morgan fingerprint density at radius 2 is 2.10 bits per heavy atom. The van der Waals surface area contributed by atoms with E-state index in [0.29, 0.717) is 12.1 Å². The van der Waals surface area contributed by atoms with Gasteiger partial charge in [0.25, 0.3) is 0 Å². The van der Waals surface area contributed by atoms with Crippen LogP contribution in [0.4, 0.5) is 5.82 Å². The van der Waals surface area contributed by atoms with Gasteiger partial charge in [-0.15, -0.1) is 11.3 Å². The lowest BCUT2D eigenvalue weighted by Crippen LogP contribution is -2.31. The van der Waals surface area contributed by atoms with E-state index >= 15 is 0 Å². The van der Waals surface area contributed by atoms with Crippen molar-refractivity contribution in [3.63, 3.8) is 0 Å². The lowest BCUT2D eigenvalue weighted by atomic mass is 10.1. The molecule has 0 spiro atoms. The van der Waals surface area contributed by atoms with Crippen LogP contribution in [0.1, 0.15) is 29.7 Å². The molecule has 3 heterocycles. The summed E-state index contributed by atoms with van der Waals surface area (Å²) in [4.78, 5) is 11.3. The largest absolute Gasteiger partial charge is 0.376 e. The van der Waals surface area contributed by atoms with Crippen molar-refractivity contribution in [3.8, 4) is 0 Å². The van der Waals surface area contributed by atoms with Gasteiger partial charge < -0.3 is 10.1 Å². The molecule has 0 radical (unpaired) electrons. The van der Waals surface area contributed by atoms with Crippen LogP contribution in [-0.4, -0.2) is 28.7 Å². The molecular formula is C15H19N3OS. The third kappa shape index (κ3) is 2.00. The number of ether oxygens (including phenoxy) is 1. The molecule has 2 aromatic rings. The Bertz CT molecular complexity index is 650. The Morgan fingerprint density at radius 3 is 2.90 bits per heavy atom. The standard InChI is InChI=1S/C15H19N3OS/c1-8-9(2)20-15-12(8)14(16-7-17-15)18-11-5-6-19-13(11)10-3-4-10/h7,10-11,13H,3-6H2,1-2H3,(H,16,17,18). The lowest BCUT2D eigenvalue weighted by Gasteiger charge is -2.20. The number of fused-ring (bicyclic) bond motifs is 1. The van der Waals surface area contributed by atoms with Gasteiger partial charge in [-0.25, -0.2) is 9.97 Å². The van der Waals surface area contributed by atoms with E-state index in [1.165, 1.54) is 28.7 Å². The van der Waals surface area contributed by atoms with Crippen molar-refractivity contribution in [1.82, 2.24) is 9.97 Å². The van der Waals surface area contributed by atoms with Crippen LogP contribution in [0.2, 0.25) is 0 Å². The fourth-order valence-corrected chi connectivity index (χ4v) is 4.12. The zero-order valence-corrected chi connectivity index (χ0v) is 12.7. The van der Waals surface area contributed by atoms with E-state index in [1.54, 1.807) is 17.7 Å². The molecule has 4 rings (SSSR count). The number of nitrogens with zero attached hydrogens (tertiary/aromatic N) is 2. The molecule has 106 valence electrons. The molecule has 5 heteroatoms. The smallest absolute Gasteiger partial charge is 0.138 e. The number of hydrogen-bond donors (Lipinski definition) is 1. The molecule has 2 aromatic heterocycles. The zero-order chi connectivity index (χ0) is 13.7. The summed E-state index contributed by atoms with van der Waals surface area (Å²) < 4.78 is 5.91. The van der Waals surface area contributed by atoms with Crippen molar-refractivity contribution in [2.45, 2.75) is 45.3 Å². The van der Waals surface area contributed by atoms with Gasteiger partial charge in [0.05, 0.1) is 17.5 Å². The highest BCUT2D eigenvalue weighted by Crippen LogP contribution is 2.40. The van der Waals surface area contributed by atoms with Crippen molar-refractivity contribution >= 4 is 27.4 Å². The predicted molar refractivity (Wildman–Crippen MR) is 81.4 cm³/mol. The molecule has 4 nitrogen and oxygen atoms in total. The highest BCUT2D eigenvalue weighted by Gasteiger charge is 2.40. The summed E-state index contributed by atoms with van der Waals surface area (Å²) in [7, 11) is 0. The molecule has 1 saturated carbocycles. The maximum Gasteiger partial charge on any atom is 0.138 e. The third-order valence-corrected chi connectivity index (χ3v) is 5.63. The summed E-state index contributed by atoms with van der Waals surface area (Å²) in [6.45, 7) is 5.18. The molecule has 20 heavy (non-hydrogen) atoms. The normalized spacial score (nSPS) is 26.3. The SMILES string of the molecule is Cc1sc2ncnc(NC3CCOC3C3CC3)c2c1C. The fourth-order valence-electron chi connectivity index (χ4n) is 3.12. The summed E-state index contributed by atoms with van der Waals surface area (Å²) >= 11 is 1.75. The van der Waals surface area contributed by atoms with Crippen LogP contribution in [0.3, 0.4) is 0 Å². The Morgan fingerprint density at radius 1 is 1.25 bits per heavy atom. The van der Waals surface area contributed by atoms with Gasteiger partial charge in [-0.2, -0.15) is 0 Å². The van der Waals surface area contributed by atoms with E-state index < -0.39 is 0 Å². The molecule has 2 aliphatic rings. The summed E-state index contributed by atoms with van der Waals surface area (Å²) in [5, 5.41) is 4.83. The molecule has 2 fully saturated rings. The Kier molecular flexibility index (Phi) is 2.93. The first-order valence-corrected chi connectivity index (χ1v) is 8.14. The number of anilines is 1. The third-order valence-electron chi connectivity index (χ3n) is 4.51. The number of rotatable bonds is 3. The van der Waals surface area contributed by atoms with Gasteiger partial charge >= 0.3 is 0 Å². The quantitative estimate of drug-likeness (QED) is 0.942. The van der Waals surface area contributed by atoms with Crippen molar-refractivity contribution in [3.05, 3.63) is 16.8 Å². The number of aromatic nitrogens is 2. The minimum atomic E-state index is 0.375. The first-order valence-electron chi connectivity index (χ1n) is 7.33. The average molecular weight is 289 g/mol. The first kappa shape index (κ1) is 12.5. The Hall–Kier alpha value is -1.20. The minimum absolute atomic E-state index is 0.375. The molecular weight excluding hydrogens is 270 g/mol. The maximum atomic E-state index is 5.91. The van der Waals surface area contributed by atoms with E-state index in [4.69, 9.17) is 4.74 Å². The molecule has 0 amide bonds. The number of thiophene rings is 1. The van der Waals surface area contributed by atoms with E-state index in [-0.39, 0.29) is 0 Å². The molecule has 2 atom stereocenters. The van der Waals surface area contributed by atoms with Crippen LogP contribution < -0.4 is 5.32 Å². The van der Waals surface area contributed by atoms with Gasteiger partial charge in [0.15, 0.2) is 0 Å². The van der Waals surface area contributed by atoms with Gasteiger partial charge in [0.2, 0.25) is 0 Å². The van der Waals surface area contributed by atoms with Gasteiger partial charge in [-0.3, -0.25) is 0 Å². The van der Waals surface area contributed by atoms with Crippen LogP contribution in [0, 0.1) is 19.8 Å². The maximum absolute atomic E-state index is 5.91. The zero-order valence-electron chi connectivity index (χ0n) is 11.8. The second-order valence-electron chi connectivity index (χ2n) is 5.90. The summed E-state index contributed by atoms with van der Waals surface area (Å²) in [5.41, 5.74) is 1.30. The first-order chi connectivity index (χ1) is 9.74. The number of hydrogen-bond acceptors (Lipinski definition) is 5. The molecule has 1 saturated heterocycles. The van der Waals surface area contributed by atoms with E-state index in [1.807, 2.05) is 0 Å². The lowest BCUT2D eigenvalue weighted by molar-refractivity contribution is 0.0898. The van der Waals surface area contributed by atoms with E-state index in [0.717, 1.165) is 29.6 Å². The average Bonchev–Trinajstić information content (AvgIpc) is 3.11. The molecule has 1 N–H and O–H groups in total. The van der Waals surface area contributed by atoms with Crippen molar-refractivity contribution in [2.24, 2.45) is 5.92 Å². The van der Waals surface area contributed by atoms with Gasteiger partial charge in [0, 0.05) is 11.5 Å². The van der Waals surface area contributed by atoms with Crippen LogP contribution in [0.15, 0.2) is 6.33 Å². The second-order valence-corrected chi connectivity index (χ2v) is 7.10. The van der Waals surface area contributed by atoms with E-state index in [9.17, 15) is 0 Å². The summed E-state index contributed by atoms with van der Waals surface area (Å²) in [6, 6.07) is 0.403. The van der Waals surface area contributed by atoms with Crippen molar-refractivity contribution < 1.29 is 4.74 Å². The van der Waals surface area contributed by atoms with Gasteiger partial charge in [-0.05, 0) is 44.6 Å². The number of nitrogens with one attached hydrogen (secondary N) is 1. The number of aryl methyl sites for hydroxylation is 2. The topological polar surface area (TPSA) is 47.0 Å². The highest BCUT2D eigenvalue weighted by atomic mass is 32.1. The Labute approximate surface area is 122 Å². The molecule has 1 aliphatic heterocycles. The summed E-state index contributed by atoms with van der Waals surface area (Å²) in [6.07, 6.45) is 5.76. The van der Waals surface area contributed by atoms with Crippen molar-refractivity contribution in [2.75, 3.05) is 11.9 Å². The monoisotopic (exact) mass is 289 g/mol. The van der Waals surface area contributed by atoms with Gasteiger partial charge in [-0.1, -0.05) is 0 Å². The minimum Gasteiger partial charge on any atom is -0.376 e. The molecule has 2 unspecified atom stereocenters. The van der Waals surface area contributed by atoms with E-state index in [2.05, 4.69) is 29.1 Å². The molecule has 0 aromatic carbocycles. The molecule has 1 aliphatic carbocycles. The summed E-state index contributed by atoms with van der Waals surface area (Å²) in [5.74, 6) is 1.75. The van der Waals surface area contributed by atoms with Crippen LogP contribution in [-0.2, 0) is 4.74 Å². The molecule has 0 bridgehead atoms. The van der Waals surface area contributed by atoms with Crippen LogP contribution in [0.5, 0.6) is 0 Å².